The minimum Gasteiger partial charge on any atom is -0.494 e. The number of ether oxygens (including phenoxy) is 1. The van der Waals surface area contributed by atoms with Crippen molar-refractivity contribution in [2.45, 2.75) is 6.18 Å². The Bertz CT molecular complexity index is 638. The molecule has 0 spiro atoms. The number of halogens is 3. The minimum atomic E-state index is -4.59. The average Bonchev–Trinajstić information content (AvgIpc) is 2.45. The number of ketones is 1. The topological polar surface area (TPSA) is 39.2 Å². The highest BCUT2D eigenvalue weighted by Crippen LogP contribution is 2.33. The number of rotatable bonds is 3. The van der Waals surface area contributed by atoms with Gasteiger partial charge < -0.3 is 4.74 Å². The molecule has 20 heavy (non-hydrogen) atoms. The van der Waals surface area contributed by atoms with Crippen LogP contribution in [-0.4, -0.2) is 17.9 Å². The molecule has 0 radical (unpaired) electrons. The van der Waals surface area contributed by atoms with E-state index in [1.54, 1.807) is 0 Å². The van der Waals surface area contributed by atoms with Crippen molar-refractivity contribution in [3.05, 3.63) is 59.4 Å². The van der Waals surface area contributed by atoms with E-state index in [0.29, 0.717) is 0 Å². The molecule has 2 rings (SSSR count). The zero-order chi connectivity index (χ0) is 14.8. The van der Waals surface area contributed by atoms with Crippen molar-refractivity contribution in [3.8, 4) is 5.75 Å². The summed E-state index contributed by atoms with van der Waals surface area (Å²) in [5.74, 6) is -0.619. The first-order chi connectivity index (χ1) is 9.45. The van der Waals surface area contributed by atoms with Crippen LogP contribution in [0.15, 0.2) is 42.7 Å². The number of alkyl halides is 3. The molecule has 0 bridgehead atoms. The summed E-state index contributed by atoms with van der Waals surface area (Å²) in [7, 11) is 1.32. The van der Waals surface area contributed by atoms with Crippen LogP contribution in [0.25, 0.3) is 0 Å². The molecular formula is C14H10F3NO2. The molecule has 0 unspecified atom stereocenters. The Morgan fingerprint density at radius 3 is 2.50 bits per heavy atom. The normalized spacial score (nSPS) is 11.2. The van der Waals surface area contributed by atoms with Crippen molar-refractivity contribution >= 4 is 5.78 Å². The summed E-state index contributed by atoms with van der Waals surface area (Å²) in [6.07, 6.45) is -1.98. The first-order valence-corrected chi connectivity index (χ1v) is 5.64. The second-order valence-corrected chi connectivity index (χ2v) is 3.95. The monoisotopic (exact) mass is 281 g/mol. The van der Waals surface area contributed by atoms with Crippen LogP contribution < -0.4 is 4.74 Å². The fraction of sp³-hybridized carbons (Fsp3) is 0.143. The second-order valence-electron chi connectivity index (χ2n) is 3.95. The van der Waals surface area contributed by atoms with E-state index < -0.39 is 23.1 Å². The molecule has 0 amide bonds. The third-order valence-electron chi connectivity index (χ3n) is 2.73. The van der Waals surface area contributed by atoms with Gasteiger partial charge in [-0.1, -0.05) is 18.2 Å². The smallest absolute Gasteiger partial charge is 0.417 e. The molecule has 0 atom stereocenters. The minimum absolute atomic E-state index is 0.0409. The van der Waals surface area contributed by atoms with Crippen molar-refractivity contribution in [2.75, 3.05) is 7.11 Å². The van der Waals surface area contributed by atoms with Gasteiger partial charge in [0.15, 0.2) is 5.78 Å². The predicted molar refractivity (Wildman–Crippen MR) is 65.7 cm³/mol. The number of aromatic nitrogens is 1. The highest BCUT2D eigenvalue weighted by atomic mass is 19.4. The first-order valence-electron chi connectivity index (χ1n) is 5.64. The molecule has 0 aliphatic heterocycles. The van der Waals surface area contributed by atoms with E-state index in [9.17, 15) is 18.0 Å². The Kier molecular flexibility index (Phi) is 3.74. The third-order valence-corrected chi connectivity index (χ3v) is 2.73. The van der Waals surface area contributed by atoms with Gasteiger partial charge in [-0.15, -0.1) is 0 Å². The number of carbonyl (C=O) groups excluding carboxylic acids is 1. The maximum Gasteiger partial charge on any atom is 0.417 e. The summed E-state index contributed by atoms with van der Waals surface area (Å²) >= 11 is 0. The lowest BCUT2D eigenvalue weighted by Gasteiger charge is -2.13. The molecule has 3 nitrogen and oxygen atoms in total. The van der Waals surface area contributed by atoms with E-state index in [0.717, 1.165) is 12.1 Å². The molecule has 0 N–H and O–H groups in total. The molecule has 1 aromatic carbocycles. The van der Waals surface area contributed by atoms with Crippen molar-refractivity contribution in [1.29, 1.82) is 0 Å². The molecule has 2 aromatic rings. The van der Waals surface area contributed by atoms with Crippen molar-refractivity contribution < 1.29 is 22.7 Å². The number of benzene rings is 1. The van der Waals surface area contributed by atoms with Crippen LogP contribution in [0.4, 0.5) is 13.2 Å². The molecule has 1 heterocycles. The quantitative estimate of drug-likeness (QED) is 0.810. The molecule has 104 valence electrons. The third kappa shape index (κ3) is 2.64. The first kappa shape index (κ1) is 14.0. The number of pyridine rings is 1. The van der Waals surface area contributed by atoms with E-state index in [1.165, 1.54) is 37.7 Å². The van der Waals surface area contributed by atoms with Crippen LogP contribution in [0.2, 0.25) is 0 Å². The summed E-state index contributed by atoms with van der Waals surface area (Å²) < 4.78 is 43.7. The Balaban J connectivity index is 2.55. The van der Waals surface area contributed by atoms with Gasteiger partial charge in [-0.2, -0.15) is 13.2 Å². The lowest BCUT2D eigenvalue weighted by atomic mass is 9.98. The van der Waals surface area contributed by atoms with Gasteiger partial charge in [0.2, 0.25) is 0 Å². The fourth-order valence-corrected chi connectivity index (χ4v) is 1.80. The maximum atomic E-state index is 12.9. The molecule has 6 heteroatoms. The molecular weight excluding hydrogens is 271 g/mol. The van der Waals surface area contributed by atoms with Crippen LogP contribution in [-0.2, 0) is 6.18 Å². The fourth-order valence-electron chi connectivity index (χ4n) is 1.80. The number of hydrogen-bond acceptors (Lipinski definition) is 3. The number of nitrogens with zero attached hydrogens (tertiary/aromatic N) is 1. The largest absolute Gasteiger partial charge is 0.494 e. The van der Waals surface area contributed by atoms with Crippen molar-refractivity contribution in [3.63, 3.8) is 0 Å². The lowest BCUT2D eigenvalue weighted by Crippen LogP contribution is -2.14. The van der Waals surface area contributed by atoms with Crippen LogP contribution in [0.5, 0.6) is 5.75 Å². The van der Waals surface area contributed by atoms with Gasteiger partial charge in [0.1, 0.15) is 5.75 Å². The maximum absolute atomic E-state index is 12.9. The van der Waals surface area contributed by atoms with Gasteiger partial charge in [0.05, 0.1) is 24.4 Å². The highest BCUT2D eigenvalue weighted by Gasteiger charge is 2.35. The molecule has 1 aromatic heterocycles. The Morgan fingerprint density at radius 2 is 1.85 bits per heavy atom. The molecule has 0 aliphatic rings. The van der Waals surface area contributed by atoms with Gasteiger partial charge in [-0.05, 0) is 12.1 Å². The van der Waals surface area contributed by atoms with E-state index in [-0.39, 0.29) is 11.3 Å². The zero-order valence-electron chi connectivity index (χ0n) is 10.4. The molecule has 0 fully saturated rings. The van der Waals surface area contributed by atoms with Gasteiger partial charge in [-0.25, -0.2) is 0 Å². The summed E-state index contributed by atoms with van der Waals surface area (Å²) in [5, 5.41) is 0. The molecule has 0 aliphatic carbocycles. The van der Waals surface area contributed by atoms with Crippen LogP contribution >= 0.6 is 0 Å². The summed E-state index contributed by atoms with van der Waals surface area (Å²) in [5.41, 5.74) is -1.34. The summed E-state index contributed by atoms with van der Waals surface area (Å²) in [6, 6.07) is 5.97. The SMILES string of the molecule is COc1cnccc1C(=O)c1ccccc1C(F)(F)F. The van der Waals surface area contributed by atoms with Crippen LogP contribution in [0.3, 0.4) is 0 Å². The summed E-state index contributed by atoms with van der Waals surface area (Å²) in [6.45, 7) is 0. The number of hydrogen-bond donors (Lipinski definition) is 0. The lowest BCUT2D eigenvalue weighted by molar-refractivity contribution is -0.137. The second kappa shape index (κ2) is 5.32. The standard InChI is InChI=1S/C14H10F3NO2/c1-20-12-8-18-7-6-10(12)13(19)9-4-2-3-5-11(9)14(15,16)17/h2-8H,1H3. The van der Waals surface area contributed by atoms with E-state index in [2.05, 4.69) is 4.98 Å². The molecule has 0 saturated carbocycles. The van der Waals surface area contributed by atoms with E-state index in [4.69, 9.17) is 4.74 Å². The predicted octanol–water partition coefficient (Wildman–Crippen LogP) is 3.34. The van der Waals surface area contributed by atoms with Gasteiger partial charge in [0, 0.05) is 11.8 Å². The van der Waals surface area contributed by atoms with Gasteiger partial charge >= 0.3 is 6.18 Å². The van der Waals surface area contributed by atoms with Crippen LogP contribution in [0.1, 0.15) is 21.5 Å². The Labute approximate surface area is 113 Å². The van der Waals surface area contributed by atoms with Crippen molar-refractivity contribution in [1.82, 2.24) is 4.98 Å². The van der Waals surface area contributed by atoms with Gasteiger partial charge in [0.25, 0.3) is 0 Å². The number of methoxy groups -OCH3 is 1. The van der Waals surface area contributed by atoms with Crippen molar-refractivity contribution in [2.24, 2.45) is 0 Å². The number of carbonyl (C=O) groups is 1. The summed E-state index contributed by atoms with van der Waals surface area (Å²) in [4.78, 5) is 16.0. The molecule has 0 saturated heterocycles. The Morgan fingerprint density at radius 1 is 1.15 bits per heavy atom. The van der Waals surface area contributed by atoms with E-state index in [1.807, 2.05) is 0 Å². The van der Waals surface area contributed by atoms with Crippen LogP contribution in [0, 0.1) is 0 Å². The van der Waals surface area contributed by atoms with Gasteiger partial charge in [-0.3, -0.25) is 9.78 Å². The Hall–Kier alpha value is -2.37. The highest BCUT2D eigenvalue weighted by molar-refractivity contribution is 6.11. The zero-order valence-corrected chi connectivity index (χ0v) is 10.4. The average molecular weight is 281 g/mol. The van der Waals surface area contributed by atoms with E-state index >= 15 is 0 Å².